The molecule has 1 atom stereocenters. The molecule has 0 saturated heterocycles. The molecule has 0 saturated carbocycles. The third kappa shape index (κ3) is 2.67. The van der Waals surface area contributed by atoms with E-state index < -0.39 is 6.10 Å². The Morgan fingerprint density at radius 1 is 1.16 bits per heavy atom. The second-order valence-corrected chi connectivity index (χ2v) is 4.06. The van der Waals surface area contributed by atoms with Crippen molar-refractivity contribution < 1.29 is 14.9 Å². The van der Waals surface area contributed by atoms with Crippen LogP contribution in [0.5, 0.6) is 11.5 Å². The maximum Gasteiger partial charge on any atom is 0.122 e. The summed E-state index contributed by atoms with van der Waals surface area (Å²) < 4.78 is 5.07. The van der Waals surface area contributed by atoms with E-state index in [1.165, 1.54) is 13.2 Å². The van der Waals surface area contributed by atoms with Gasteiger partial charge in [-0.1, -0.05) is 12.1 Å². The van der Waals surface area contributed by atoms with E-state index in [-0.39, 0.29) is 5.75 Å². The number of phenols is 1. The molecule has 96 valence electrons. The molecule has 0 spiro atoms. The van der Waals surface area contributed by atoms with Crippen LogP contribution in [0.2, 0.25) is 0 Å². The molecule has 19 heavy (non-hydrogen) atoms. The summed E-state index contributed by atoms with van der Waals surface area (Å²) in [6, 6.07) is 13.2. The lowest BCUT2D eigenvalue weighted by Crippen LogP contribution is -2.00. The van der Waals surface area contributed by atoms with E-state index in [2.05, 4.69) is 0 Å². The quantitative estimate of drug-likeness (QED) is 0.883. The van der Waals surface area contributed by atoms with Crippen LogP contribution in [0.3, 0.4) is 0 Å². The molecule has 4 heteroatoms. The van der Waals surface area contributed by atoms with E-state index in [1.54, 1.807) is 36.4 Å². The molecular weight excluding hydrogens is 242 g/mol. The van der Waals surface area contributed by atoms with Crippen molar-refractivity contribution in [3.05, 3.63) is 59.2 Å². The fourth-order valence-electron chi connectivity index (χ4n) is 1.80. The molecule has 0 amide bonds. The molecule has 2 aromatic carbocycles. The van der Waals surface area contributed by atoms with E-state index in [1.807, 2.05) is 6.07 Å². The van der Waals surface area contributed by atoms with Gasteiger partial charge in [0.05, 0.1) is 18.7 Å². The van der Waals surface area contributed by atoms with Crippen molar-refractivity contribution in [2.75, 3.05) is 7.11 Å². The third-order valence-corrected chi connectivity index (χ3v) is 2.88. The summed E-state index contributed by atoms with van der Waals surface area (Å²) >= 11 is 0. The first kappa shape index (κ1) is 12.9. The molecule has 0 heterocycles. The Labute approximate surface area is 111 Å². The molecule has 1 unspecified atom stereocenters. The monoisotopic (exact) mass is 255 g/mol. The van der Waals surface area contributed by atoms with Crippen LogP contribution in [0.25, 0.3) is 0 Å². The minimum atomic E-state index is -0.970. The number of phenolic OH excluding ortho intramolecular Hbond substituents is 1. The van der Waals surface area contributed by atoms with Gasteiger partial charge in [-0.3, -0.25) is 0 Å². The van der Waals surface area contributed by atoms with E-state index in [0.29, 0.717) is 22.4 Å². The standard InChI is InChI=1S/C15H13NO3/c1-19-12-6-7-14(17)13(8-12)15(18)11-4-2-10(9-16)3-5-11/h2-8,15,17-18H,1H3. The number of nitrogens with zero attached hydrogens (tertiary/aromatic N) is 1. The summed E-state index contributed by atoms with van der Waals surface area (Å²) in [6.07, 6.45) is -0.970. The predicted molar refractivity (Wildman–Crippen MR) is 69.9 cm³/mol. The van der Waals surface area contributed by atoms with E-state index in [0.717, 1.165) is 0 Å². The fraction of sp³-hybridized carbons (Fsp3) is 0.133. The highest BCUT2D eigenvalue weighted by Crippen LogP contribution is 2.32. The Morgan fingerprint density at radius 2 is 1.84 bits per heavy atom. The van der Waals surface area contributed by atoms with E-state index >= 15 is 0 Å². The van der Waals surface area contributed by atoms with Gasteiger partial charge in [0.1, 0.15) is 17.6 Å². The van der Waals surface area contributed by atoms with Crippen molar-refractivity contribution in [1.29, 1.82) is 5.26 Å². The number of methoxy groups -OCH3 is 1. The smallest absolute Gasteiger partial charge is 0.122 e. The molecule has 0 aliphatic heterocycles. The fourth-order valence-corrected chi connectivity index (χ4v) is 1.80. The summed E-state index contributed by atoms with van der Waals surface area (Å²) in [7, 11) is 1.52. The second-order valence-electron chi connectivity index (χ2n) is 4.06. The number of hydrogen-bond donors (Lipinski definition) is 2. The summed E-state index contributed by atoms with van der Waals surface area (Å²) in [4.78, 5) is 0. The van der Waals surface area contributed by atoms with Crippen molar-refractivity contribution in [2.45, 2.75) is 6.10 Å². The van der Waals surface area contributed by atoms with Crippen LogP contribution in [0.15, 0.2) is 42.5 Å². The summed E-state index contributed by atoms with van der Waals surface area (Å²) in [6.45, 7) is 0. The minimum Gasteiger partial charge on any atom is -0.508 e. The van der Waals surface area contributed by atoms with Crippen LogP contribution in [0.1, 0.15) is 22.8 Å². The number of rotatable bonds is 3. The van der Waals surface area contributed by atoms with Crippen LogP contribution in [-0.4, -0.2) is 17.3 Å². The van der Waals surface area contributed by atoms with E-state index in [9.17, 15) is 10.2 Å². The molecule has 0 fully saturated rings. The highest BCUT2D eigenvalue weighted by atomic mass is 16.5. The zero-order valence-corrected chi connectivity index (χ0v) is 10.4. The third-order valence-electron chi connectivity index (χ3n) is 2.88. The van der Waals surface area contributed by atoms with Gasteiger partial charge < -0.3 is 14.9 Å². The van der Waals surface area contributed by atoms with Crippen molar-refractivity contribution in [2.24, 2.45) is 0 Å². The second kappa shape index (κ2) is 5.42. The average molecular weight is 255 g/mol. The SMILES string of the molecule is COc1ccc(O)c(C(O)c2ccc(C#N)cc2)c1. The van der Waals surface area contributed by atoms with Crippen LogP contribution >= 0.6 is 0 Å². The van der Waals surface area contributed by atoms with E-state index in [4.69, 9.17) is 10.00 Å². The molecule has 0 radical (unpaired) electrons. The van der Waals surface area contributed by atoms with Gasteiger partial charge in [-0.05, 0) is 35.9 Å². The van der Waals surface area contributed by atoms with Crippen LogP contribution in [-0.2, 0) is 0 Å². The Hall–Kier alpha value is -2.51. The first-order chi connectivity index (χ1) is 9.15. The van der Waals surface area contributed by atoms with Crippen LogP contribution in [0, 0.1) is 11.3 Å². The first-order valence-electron chi connectivity index (χ1n) is 5.70. The maximum absolute atomic E-state index is 10.3. The van der Waals surface area contributed by atoms with Gasteiger partial charge in [-0.15, -0.1) is 0 Å². The molecular formula is C15H13NO3. The van der Waals surface area contributed by atoms with Gasteiger partial charge in [0.2, 0.25) is 0 Å². The summed E-state index contributed by atoms with van der Waals surface area (Å²) in [5.74, 6) is 0.554. The molecule has 0 aromatic heterocycles. The largest absolute Gasteiger partial charge is 0.508 e. The Bertz CT molecular complexity index is 614. The summed E-state index contributed by atoms with van der Waals surface area (Å²) in [5, 5.41) is 28.8. The van der Waals surface area contributed by atoms with Gasteiger partial charge >= 0.3 is 0 Å². The van der Waals surface area contributed by atoms with Crippen molar-refractivity contribution in [3.8, 4) is 17.6 Å². The van der Waals surface area contributed by atoms with Crippen molar-refractivity contribution >= 4 is 0 Å². The highest BCUT2D eigenvalue weighted by Gasteiger charge is 2.15. The van der Waals surface area contributed by atoms with Crippen molar-refractivity contribution in [3.63, 3.8) is 0 Å². The zero-order chi connectivity index (χ0) is 13.8. The Morgan fingerprint density at radius 3 is 2.42 bits per heavy atom. The molecule has 0 bridgehead atoms. The number of nitriles is 1. The number of benzene rings is 2. The van der Waals surface area contributed by atoms with Gasteiger partial charge in [0.15, 0.2) is 0 Å². The average Bonchev–Trinajstić information content (AvgIpc) is 2.47. The van der Waals surface area contributed by atoms with Crippen molar-refractivity contribution in [1.82, 2.24) is 0 Å². The molecule has 2 N–H and O–H groups in total. The van der Waals surface area contributed by atoms with Crippen LogP contribution in [0.4, 0.5) is 0 Å². The number of aliphatic hydroxyl groups is 1. The number of aromatic hydroxyl groups is 1. The first-order valence-corrected chi connectivity index (χ1v) is 5.70. The molecule has 0 aliphatic carbocycles. The number of ether oxygens (including phenoxy) is 1. The topological polar surface area (TPSA) is 73.5 Å². The van der Waals surface area contributed by atoms with Gasteiger partial charge in [-0.25, -0.2) is 0 Å². The Balaban J connectivity index is 2.37. The molecule has 4 nitrogen and oxygen atoms in total. The van der Waals surface area contributed by atoms with Gasteiger partial charge in [0.25, 0.3) is 0 Å². The van der Waals surface area contributed by atoms with Gasteiger partial charge in [-0.2, -0.15) is 5.26 Å². The Kier molecular flexibility index (Phi) is 3.69. The molecule has 0 aliphatic rings. The highest BCUT2D eigenvalue weighted by molar-refractivity contribution is 5.45. The summed E-state index contributed by atoms with van der Waals surface area (Å²) in [5.41, 5.74) is 1.48. The maximum atomic E-state index is 10.3. The molecule has 2 aromatic rings. The number of hydrogen-bond acceptors (Lipinski definition) is 4. The van der Waals surface area contributed by atoms with Crippen LogP contribution < -0.4 is 4.74 Å². The lowest BCUT2D eigenvalue weighted by atomic mass is 9.99. The van der Waals surface area contributed by atoms with Gasteiger partial charge in [0, 0.05) is 5.56 Å². The predicted octanol–water partition coefficient (Wildman–Crippen LogP) is 2.35. The molecule has 2 rings (SSSR count). The zero-order valence-electron chi connectivity index (χ0n) is 10.4. The normalized spacial score (nSPS) is 11.6. The number of aliphatic hydroxyl groups excluding tert-OH is 1. The lowest BCUT2D eigenvalue weighted by molar-refractivity contribution is 0.215. The lowest BCUT2D eigenvalue weighted by Gasteiger charge is -2.14. The minimum absolute atomic E-state index is 0.00217.